The minimum absolute atomic E-state index is 0.0235. The summed E-state index contributed by atoms with van der Waals surface area (Å²) in [5, 5.41) is 14.4. The second-order valence-electron chi connectivity index (χ2n) is 13.2. The number of amidine groups is 1. The zero-order valence-corrected chi connectivity index (χ0v) is 27.1. The number of hydrogen-bond donors (Lipinski definition) is 5. The van der Waals surface area contributed by atoms with Gasteiger partial charge in [-0.25, -0.2) is 13.6 Å². The van der Waals surface area contributed by atoms with Gasteiger partial charge in [-0.3, -0.25) is 9.98 Å². The van der Waals surface area contributed by atoms with Crippen molar-refractivity contribution in [2.24, 2.45) is 11.7 Å². The van der Waals surface area contributed by atoms with Crippen molar-refractivity contribution in [1.29, 1.82) is 5.41 Å². The van der Waals surface area contributed by atoms with E-state index in [1.54, 1.807) is 19.1 Å². The predicted octanol–water partition coefficient (Wildman–Crippen LogP) is 6.78. The number of nitrogens with zero attached hydrogens (tertiary/aromatic N) is 2. The summed E-state index contributed by atoms with van der Waals surface area (Å²) >= 11 is 0. The Labute approximate surface area is 280 Å². The molecule has 6 N–H and O–H groups in total. The van der Waals surface area contributed by atoms with Gasteiger partial charge in [-0.05, 0) is 100 Å². The number of H-pyrrole nitrogens is 1. The number of alkyl halides is 3. The normalized spacial score (nSPS) is 18.8. The SMILES string of the molecule is CC(=N)NCC[C@@H]1CCC[C@@H](c2ccc(-n3cc4cc(-c5cc(CCC[C@@H](N)C6CC6)cc(OC(F)(F)F)c5F)[nH]c4nc3=O)cc2F)N1. The number of fused-ring (bicyclic) bond motifs is 1. The summed E-state index contributed by atoms with van der Waals surface area (Å²) in [4.78, 5) is 20.0. The predicted molar refractivity (Wildman–Crippen MR) is 177 cm³/mol. The average molecular weight is 686 g/mol. The average Bonchev–Trinajstić information content (AvgIpc) is 3.81. The number of rotatable bonds is 12. The van der Waals surface area contributed by atoms with Crippen molar-refractivity contribution in [2.45, 2.75) is 89.2 Å². The van der Waals surface area contributed by atoms with Crippen LogP contribution in [-0.4, -0.2) is 45.4 Å². The highest BCUT2D eigenvalue weighted by molar-refractivity contribution is 5.83. The van der Waals surface area contributed by atoms with E-state index in [-0.39, 0.29) is 40.7 Å². The number of ether oxygens (including phenoxy) is 1. The Bertz CT molecular complexity index is 1880. The molecule has 1 aliphatic heterocycles. The number of hydrogen-bond acceptors (Lipinski definition) is 6. The van der Waals surface area contributed by atoms with E-state index in [0.29, 0.717) is 54.1 Å². The minimum Gasteiger partial charge on any atom is -0.403 e. The molecule has 3 heterocycles. The van der Waals surface area contributed by atoms with Gasteiger partial charge in [0.05, 0.1) is 17.2 Å². The number of halogens is 5. The van der Waals surface area contributed by atoms with E-state index in [1.807, 2.05) is 0 Å². The fraction of sp³-hybridized carbons (Fsp3) is 0.457. The van der Waals surface area contributed by atoms with E-state index in [9.17, 15) is 18.0 Å². The maximum Gasteiger partial charge on any atom is 0.573 e. The molecule has 2 aromatic heterocycles. The summed E-state index contributed by atoms with van der Waals surface area (Å²) in [6, 6.07) is 8.53. The van der Waals surface area contributed by atoms with Gasteiger partial charge in [-0.15, -0.1) is 13.2 Å². The molecule has 9 nitrogen and oxygen atoms in total. The number of benzene rings is 2. The number of aromatic amines is 1. The monoisotopic (exact) mass is 685 g/mol. The molecule has 1 saturated carbocycles. The van der Waals surface area contributed by atoms with Gasteiger partial charge >= 0.3 is 12.1 Å². The van der Waals surface area contributed by atoms with Gasteiger partial charge in [0.15, 0.2) is 11.6 Å². The first-order valence-corrected chi connectivity index (χ1v) is 16.7. The lowest BCUT2D eigenvalue weighted by Gasteiger charge is -2.32. The number of aryl methyl sites for hydroxylation is 1. The Hall–Kier alpha value is -4.30. The molecule has 262 valence electrons. The quantitative estimate of drug-likeness (QED) is 0.0635. The Kier molecular flexibility index (Phi) is 10.1. The molecule has 1 aliphatic carbocycles. The van der Waals surface area contributed by atoms with E-state index < -0.39 is 29.4 Å². The van der Waals surface area contributed by atoms with Crippen LogP contribution in [0.4, 0.5) is 22.0 Å². The van der Waals surface area contributed by atoms with Gasteiger partial charge in [0.2, 0.25) is 0 Å². The van der Waals surface area contributed by atoms with Crippen LogP contribution in [-0.2, 0) is 6.42 Å². The fourth-order valence-corrected chi connectivity index (χ4v) is 6.70. The fourth-order valence-electron chi connectivity index (χ4n) is 6.70. The van der Waals surface area contributed by atoms with Crippen LogP contribution in [0.5, 0.6) is 5.75 Å². The lowest BCUT2D eigenvalue weighted by Crippen LogP contribution is -2.39. The summed E-state index contributed by atoms with van der Waals surface area (Å²) in [6.45, 7) is 2.33. The largest absolute Gasteiger partial charge is 0.573 e. The highest BCUT2D eigenvalue weighted by Crippen LogP contribution is 2.37. The van der Waals surface area contributed by atoms with Crippen molar-refractivity contribution in [3.05, 3.63) is 75.8 Å². The van der Waals surface area contributed by atoms with Crippen LogP contribution in [0, 0.1) is 23.0 Å². The maximum atomic E-state index is 15.5. The molecule has 2 aliphatic rings. The summed E-state index contributed by atoms with van der Waals surface area (Å²) in [6.07, 6.45) is 3.58. The molecular formula is C35H40F5N7O2. The van der Waals surface area contributed by atoms with E-state index in [0.717, 1.165) is 44.6 Å². The Morgan fingerprint density at radius 2 is 1.96 bits per heavy atom. The summed E-state index contributed by atoms with van der Waals surface area (Å²) in [5.74, 6) is -1.78. The van der Waals surface area contributed by atoms with Crippen molar-refractivity contribution in [3.8, 4) is 22.7 Å². The van der Waals surface area contributed by atoms with Gasteiger partial charge < -0.3 is 26.1 Å². The third-order valence-corrected chi connectivity index (χ3v) is 9.36. The van der Waals surface area contributed by atoms with Crippen molar-refractivity contribution < 1.29 is 26.7 Å². The van der Waals surface area contributed by atoms with Crippen LogP contribution in [0.2, 0.25) is 0 Å². The third kappa shape index (κ3) is 8.47. The molecule has 0 amide bonds. The molecular weight excluding hydrogens is 645 g/mol. The second kappa shape index (κ2) is 14.3. The zero-order chi connectivity index (χ0) is 34.9. The first-order valence-electron chi connectivity index (χ1n) is 16.7. The lowest BCUT2D eigenvalue weighted by atomic mass is 9.91. The molecule has 0 spiro atoms. The van der Waals surface area contributed by atoms with Crippen molar-refractivity contribution in [3.63, 3.8) is 0 Å². The third-order valence-electron chi connectivity index (χ3n) is 9.36. The standard InChI is InChI=1S/C35H40F5N7O2/c1-19(41)43-13-12-23-5-3-7-29(44-23)25-11-10-24(17-27(25)36)47-18-22-16-30(45-33(22)46-34(47)48)26-14-20(4-2-6-28(42)21-8-9-21)15-31(32(26)37)49-35(38,39)40/h10-11,14-18,21,23,28-29,44H,2-9,12-13,42H2,1H3,(H2,41,43)(H,45,46,48)/t23-,28+,29-/m0/s1. The van der Waals surface area contributed by atoms with Crippen LogP contribution in [0.25, 0.3) is 28.0 Å². The molecule has 0 bridgehead atoms. The minimum atomic E-state index is -5.10. The Morgan fingerprint density at radius 1 is 1.16 bits per heavy atom. The van der Waals surface area contributed by atoms with Crippen molar-refractivity contribution >= 4 is 16.9 Å². The van der Waals surface area contributed by atoms with Gasteiger partial charge in [-0.2, -0.15) is 4.98 Å². The molecule has 6 rings (SSSR count). The molecule has 2 fully saturated rings. The van der Waals surface area contributed by atoms with Crippen LogP contribution in [0.3, 0.4) is 0 Å². The molecule has 0 unspecified atom stereocenters. The van der Waals surface area contributed by atoms with E-state index in [2.05, 4.69) is 25.3 Å². The van der Waals surface area contributed by atoms with Gasteiger partial charge in [0.25, 0.3) is 0 Å². The highest BCUT2D eigenvalue weighted by Gasteiger charge is 2.34. The Balaban J connectivity index is 1.25. The Morgan fingerprint density at radius 3 is 2.67 bits per heavy atom. The molecule has 0 radical (unpaired) electrons. The first kappa shape index (κ1) is 34.6. The van der Waals surface area contributed by atoms with Crippen LogP contribution in [0.15, 0.2) is 47.4 Å². The lowest BCUT2D eigenvalue weighted by molar-refractivity contribution is -0.275. The zero-order valence-electron chi connectivity index (χ0n) is 27.1. The number of nitrogens with one attached hydrogen (secondary N) is 4. The van der Waals surface area contributed by atoms with Crippen LogP contribution >= 0.6 is 0 Å². The van der Waals surface area contributed by atoms with E-state index >= 15 is 8.78 Å². The molecule has 14 heteroatoms. The number of aromatic nitrogens is 3. The topological polar surface area (TPSA) is 134 Å². The molecule has 1 saturated heterocycles. The van der Waals surface area contributed by atoms with Gasteiger partial charge in [0.1, 0.15) is 11.5 Å². The second-order valence-corrected chi connectivity index (χ2v) is 13.2. The highest BCUT2D eigenvalue weighted by atomic mass is 19.4. The molecule has 2 aromatic carbocycles. The number of piperidine rings is 1. The summed E-state index contributed by atoms with van der Waals surface area (Å²) in [5.41, 5.74) is 6.65. The smallest absolute Gasteiger partial charge is 0.403 e. The maximum absolute atomic E-state index is 15.5. The number of nitrogens with two attached hydrogens (primary N) is 1. The summed E-state index contributed by atoms with van der Waals surface area (Å²) in [7, 11) is 0. The first-order chi connectivity index (χ1) is 23.3. The van der Waals surface area contributed by atoms with Crippen LogP contribution in [0.1, 0.15) is 75.5 Å². The van der Waals surface area contributed by atoms with E-state index in [4.69, 9.17) is 11.1 Å². The van der Waals surface area contributed by atoms with Crippen LogP contribution < -0.4 is 26.8 Å². The van der Waals surface area contributed by atoms with E-state index in [1.165, 1.54) is 29.0 Å². The van der Waals surface area contributed by atoms with Gasteiger partial charge in [0, 0.05) is 47.4 Å². The van der Waals surface area contributed by atoms with Crippen molar-refractivity contribution in [1.82, 2.24) is 25.2 Å². The van der Waals surface area contributed by atoms with Crippen molar-refractivity contribution in [2.75, 3.05) is 6.54 Å². The molecule has 49 heavy (non-hydrogen) atoms. The molecule has 4 aromatic rings. The summed E-state index contributed by atoms with van der Waals surface area (Å²) < 4.78 is 75.9. The van der Waals surface area contributed by atoms with Gasteiger partial charge in [-0.1, -0.05) is 12.5 Å². The molecule has 3 atom stereocenters.